The van der Waals surface area contributed by atoms with E-state index in [1.807, 2.05) is 13.0 Å². The van der Waals surface area contributed by atoms with Crippen molar-refractivity contribution in [3.8, 4) is 0 Å². The predicted molar refractivity (Wildman–Crippen MR) is 85.9 cm³/mol. The Bertz CT molecular complexity index is 459. The lowest BCUT2D eigenvalue weighted by atomic mass is 10.0. The van der Waals surface area contributed by atoms with Gasteiger partial charge in [0.15, 0.2) is 0 Å². The normalized spacial score (nSPS) is 18.0. The van der Waals surface area contributed by atoms with Gasteiger partial charge in [0.1, 0.15) is 6.04 Å². The molecule has 1 heterocycles. The predicted octanol–water partition coefficient (Wildman–Crippen LogP) is 3.76. The van der Waals surface area contributed by atoms with Crippen LogP contribution in [0.2, 0.25) is 0 Å². The molecule has 0 saturated heterocycles. The first kappa shape index (κ1) is 16.4. The van der Waals surface area contributed by atoms with E-state index in [4.69, 9.17) is 4.74 Å². The van der Waals surface area contributed by atoms with Gasteiger partial charge in [0.25, 0.3) is 0 Å². The molecule has 116 valence electrons. The molecule has 0 amide bonds. The molecule has 1 fully saturated rings. The number of hydrogen-bond donors (Lipinski definition) is 1. The smallest absolute Gasteiger partial charge is 0.327 e. The first-order valence-electron chi connectivity index (χ1n) is 7.74. The Hall–Kier alpha value is -0.940. The molecule has 5 heteroatoms. The van der Waals surface area contributed by atoms with Crippen LogP contribution < -0.4 is 5.32 Å². The monoisotopic (exact) mass is 354 g/mol. The number of carbonyl (C=O) groups excluding carboxylic acids is 1. The molecule has 4 nitrogen and oxygen atoms in total. The van der Waals surface area contributed by atoms with Crippen LogP contribution in [0.5, 0.6) is 0 Å². The maximum atomic E-state index is 12.3. The van der Waals surface area contributed by atoms with Crippen LogP contribution >= 0.6 is 15.9 Å². The molecule has 1 saturated carbocycles. The zero-order valence-electron chi connectivity index (χ0n) is 12.5. The van der Waals surface area contributed by atoms with Gasteiger partial charge in [-0.3, -0.25) is 10.3 Å². The summed E-state index contributed by atoms with van der Waals surface area (Å²) < 4.78 is 6.10. The van der Waals surface area contributed by atoms with E-state index in [9.17, 15) is 4.79 Å². The second-order valence-electron chi connectivity index (χ2n) is 5.48. The summed E-state index contributed by atoms with van der Waals surface area (Å²) in [4.78, 5) is 16.5. The van der Waals surface area contributed by atoms with E-state index < -0.39 is 6.04 Å². The van der Waals surface area contributed by atoms with Crippen molar-refractivity contribution in [3.05, 3.63) is 28.5 Å². The maximum Gasteiger partial charge on any atom is 0.327 e. The summed E-state index contributed by atoms with van der Waals surface area (Å²) >= 11 is 3.41. The van der Waals surface area contributed by atoms with Crippen molar-refractivity contribution in [2.24, 2.45) is 0 Å². The number of hydrogen-bond acceptors (Lipinski definition) is 4. The highest BCUT2D eigenvalue weighted by atomic mass is 79.9. The highest BCUT2D eigenvalue weighted by Crippen LogP contribution is 2.23. The average Bonchev–Trinajstić information content (AvgIpc) is 2.73. The zero-order chi connectivity index (χ0) is 15.1. The molecule has 1 aliphatic rings. The molecule has 0 aromatic carbocycles. The van der Waals surface area contributed by atoms with Crippen molar-refractivity contribution in [2.75, 3.05) is 6.61 Å². The van der Waals surface area contributed by atoms with Crippen LogP contribution in [0.25, 0.3) is 0 Å². The molecule has 2 rings (SSSR count). The number of halogens is 1. The molecule has 0 bridgehead atoms. The summed E-state index contributed by atoms with van der Waals surface area (Å²) in [5.74, 6) is -0.221. The van der Waals surface area contributed by atoms with E-state index in [2.05, 4.69) is 26.2 Å². The van der Waals surface area contributed by atoms with Crippen LogP contribution in [0, 0.1) is 0 Å². The third-order valence-electron chi connectivity index (χ3n) is 3.84. The van der Waals surface area contributed by atoms with Crippen molar-refractivity contribution >= 4 is 21.9 Å². The molecular formula is C16H23BrN2O2. The molecule has 1 atom stereocenters. The van der Waals surface area contributed by atoms with E-state index in [0.29, 0.717) is 12.6 Å². The van der Waals surface area contributed by atoms with Crippen molar-refractivity contribution in [2.45, 2.75) is 57.5 Å². The highest BCUT2D eigenvalue weighted by Gasteiger charge is 2.26. The molecule has 0 radical (unpaired) electrons. The molecule has 0 spiro atoms. The zero-order valence-corrected chi connectivity index (χ0v) is 14.1. The van der Waals surface area contributed by atoms with E-state index in [0.717, 1.165) is 22.9 Å². The quantitative estimate of drug-likeness (QED) is 0.645. The summed E-state index contributed by atoms with van der Waals surface area (Å²) in [5, 5.41) is 3.49. The Morgan fingerprint density at radius 2 is 2.10 bits per heavy atom. The first-order chi connectivity index (χ1) is 10.2. The Kier molecular flexibility index (Phi) is 6.64. The van der Waals surface area contributed by atoms with Crippen LogP contribution in [0.1, 0.15) is 57.1 Å². The third kappa shape index (κ3) is 5.08. The minimum Gasteiger partial charge on any atom is -0.465 e. The summed E-state index contributed by atoms with van der Waals surface area (Å²) in [6, 6.07) is 1.87. The number of pyridine rings is 1. The number of ether oxygens (including phenoxy) is 1. The van der Waals surface area contributed by atoms with Crippen molar-refractivity contribution in [1.82, 2.24) is 10.3 Å². The van der Waals surface area contributed by atoms with Gasteiger partial charge in [-0.2, -0.15) is 0 Å². The van der Waals surface area contributed by atoms with Crippen molar-refractivity contribution in [3.63, 3.8) is 0 Å². The van der Waals surface area contributed by atoms with E-state index >= 15 is 0 Å². The topological polar surface area (TPSA) is 51.2 Å². The van der Waals surface area contributed by atoms with Crippen molar-refractivity contribution in [1.29, 1.82) is 0 Å². The molecule has 1 aromatic heterocycles. The standard InChI is InChI=1S/C16H23BrN2O2/c1-2-21-16(20)15(12-9-13(17)11-18-10-12)19-14-7-5-3-4-6-8-14/h9-11,14-15,19H,2-8H2,1H3. The van der Waals surface area contributed by atoms with Crippen LogP contribution in [-0.4, -0.2) is 23.6 Å². The Morgan fingerprint density at radius 1 is 1.38 bits per heavy atom. The molecule has 1 N–H and O–H groups in total. The molecule has 0 aliphatic heterocycles. The number of nitrogens with zero attached hydrogens (tertiary/aromatic N) is 1. The van der Waals surface area contributed by atoms with Crippen LogP contribution in [0.4, 0.5) is 0 Å². The lowest BCUT2D eigenvalue weighted by Gasteiger charge is -2.24. The highest BCUT2D eigenvalue weighted by molar-refractivity contribution is 9.10. The first-order valence-corrected chi connectivity index (χ1v) is 8.53. The van der Waals surface area contributed by atoms with Crippen LogP contribution in [0.3, 0.4) is 0 Å². The minimum atomic E-state index is -0.432. The SMILES string of the molecule is CCOC(=O)C(NC1CCCCCC1)c1cncc(Br)c1. The van der Waals surface area contributed by atoms with Crippen LogP contribution in [0.15, 0.2) is 22.9 Å². The number of aromatic nitrogens is 1. The van der Waals surface area contributed by atoms with Gasteiger partial charge in [-0.25, -0.2) is 4.79 Å². The van der Waals surface area contributed by atoms with Gasteiger partial charge in [-0.1, -0.05) is 25.7 Å². The summed E-state index contributed by atoms with van der Waals surface area (Å²) in [6.45, 7) is 2.23. The number of esters is 1. The summed E-state index contributed by atoms with van der Waals surface area (Å²) in [5.41, 5.74) is 0.854. The van der Waals surface area contributed by atoms with Crippen LogP contribution in [-0.2, 0) is 9.53 Å². The van der Waals surface area contributed by atoms with Gasteiger partial charge < -0.3 is 4.74 Å². The fourth-order valence-electron chi connectivity index (χ4n) is 2.79. The second-order valence-corrected chi connectivity index (χ2v) is 6.39. The number of rotatable bonds is 5. The molecule has 21 heavy (non-hydrogen) atoms. The fraction of sp³-hybridized carbons (Fsp3) is 0.625. The minimum absolute atomic E-state index is 0.221. The van der Waals surface area contributed by atoms with E-state index in [1.165, 1.54) is 25.7 Å². The third-order valence-corrected chi connectivity index (χ3v) is 4.27. The summed E-state index contributed by atoms with van der Waals surface area (Å²) in [6.07, 6.45) is 10.7. The summed E-state index contributed by atoms with van der Waals surface area (Å²) in [7, 11) is 0. The Balaban J connectivity index is 2.13. The molecule has 1 aliphatic carbocycles. The maximum absolute atomic E-state index is 12.3. The number of nitrogens with one attached hydrogen (secondary N) is 1. The fourth-order valence-corrected chi connectivity index (χ4v) is 3.18. The largest absolute Gasteiger partial charge is 0.465 e. The lowest BCUT2D eigenvalue weighted by Crippen LogP contribution is -2.37. The van der Waals surface area contributed by atoms with Gasteiger partial charge in [0, 0.05) is 22.9 Å². The molecule has 1 unspecified atom stereocenters. The van der Waals surface area contributed by atoms with Gasteiger partial charge in [-0.05, 0) is 47.3 Å². The Morgan fingerprint density at radius 3 is 2.71 bits per heavy atom. The van der Waals surface area contributed by atoms with E-state index in [-0.39, 0.29) is 5.97 Å². The van der Waals surface area contributed by atoms with E-state index in [1.54, 1.807) is 12.4 Å². The molecular weight excluding hydrogens is 332 g/mol. The average molecular weight is 355 g/mol. The van der Waals surface area contributed by atoms with Gasteiger partial charge in [0.2, 0.25) is 0 Å². The molecule has 1 aromatic rings. The van der Waals surface area contributed by atoms with Gasteiger partial charge in [-0.15, -0.1) is 0 Å². The van der Waals surface area contributed by atoms with Crippen molar-refractivity contribution < 1.29 is 9.53 Å². The lowest BCUT2D eigenvalue weighted by molar-refractivity contribution is -0.146. The van der Waals surface area contributed by atoms with Gasteiger partial charge in [0.05, 0.1) is 6.61 Å². The number of carbonyl (C=O) groups is 1. The second kappa shape index (κ2) is 8.49. The Labute approximate surface area is 134 Å². The van der Waals surface area contributed by atoms with Gasteiger partial charge >= 0.3 is 5.97 Å².